The molecule has 0 fully saturated rings. The van der Waals surface area contributed by atoms with E-state index in [1.165, 1.54) is 22.3 Å². The van der Waals surface area contributed by atoms with Crippen molar-refractivity contribution in [2.75, 3.05) is 10.6 Å². The van der Waals surface area contributed by atoms with Gasteiger partial charge in [-0.2, -0.15) is 0 Å². The van der Waals surface area contributed by atoms with Crippen molar-refractivity contribution in [1.82, 2.24) is 0 Å². The van der Waals surface area contributed by atoms with Gasteiger partial charge in [0.25, 0.3) is 0 Å². The number of hydrogen-bond donors (Lipinski definition) is 2. The Balaban J connectivity index is 1.00. The van der Waals surface area contributed by atoms with Gasteiger partial charge in [0.05, 0.1) is 0 Å². The quantitative estimate of drug-likeness (QED) is 0.122. The molecule has 0 atom stereocenters. The molecule has 0 heterocycles. The molecule has 6 aromatic carbocycles. The molecule has 6 aromatic rings. The monoisotopic (exact) mass is 644 g/mol. The van der Waals surface area contributed by atoms with E-state index in [4.69, 9.17) is 0 Å². The number of benzene rings is 6. The fourth-order valence-electron chi connectivity index (χ4n) is 5.51. The van der Waals surface area contributed by atoms with Gasteiger partial charge in [0, 0.05) is 23.8 Å². The highest BCUT2D eigenvalue weighted by atomic mass is 14.8. The summed E-state index contributed by atoms with van der Waals surface area (Å²) >= 11 is 0. The number of nitrogens with one attached hydrogen (secondary N) is 2. The maximum absolute atomic E-state index is 4.31. The van der Waals surface area contributed by atoms with Gasteiger partial charge in [-0.25, -0.2) is 0 Å². The predicted molar refractivity (Wildman–Crippen MR) is 218 cm³/mol. The highest BCUT2D eigenvalue weighted by Crippen LogP contribution is 2.27. The summed E-state index contributed by atoms with van der Waals surface area (Å²) in [6, 6.07) is 54.6. The first-order chi connectivity index (χ1) is 24.6. The van der Waals surface area contributed by atoms with Crippen molar-refractivity contribution in [3.63, 3.8) is 0 Å². The summed E-state index contributed by atoms with van der Waals surface area (Å²) in [6.07, 6.45) is 15.9. The molecule has 0 bridgehead atoms. The van der Waals surface area contributed by atoms with Crippen LogP contribution in [0.2, 0.25) is 0 Å². The number of allylic oxidation sites excluding steroid dienone is 8. The smallest absolute Gasteiger partial charge is 0.0380 e. The van der Waals surface area contributed by atoms with E-state index >= 15 is 0 Å². The Bertz CT molecular complexity index is 1990. The minimum absolute atomic E-state index is 0.944. The Kier molecular flexibility index (Phi) is 11.3. The van der Waals surface area contributed by atoms with E-state index < -0.39 is 0 Å². The molecule has 2 heteroatoms. The Morgan fingerprint density at radius 3 is 1.12 bits per heavy atom. The van der Waals surface area contributed by atoms with Crippen molar-refractivity contribution in [1.29, 1.82) is 0 Å². The predicted octanol–water partition coefficient (Wildman–Crippen LogP) is 13.1. The van der Waals surface area contributed by atoms with E-state index in [1.807, 2.05) is 61.0 Å². The van der Waals surface area contributed by atoms with E-state index in [2.05, 4.69) is 169 Å². The fraction of sp³-hybridized carbons (Fsp3) is 0. The molecule has 0 aromatic heterocycles. The molecule has 242 valence electrons. The van der Waals surface area contributed by atoms with Crippen LogP contribution >= 0.6 is 0 Å². The Labute approximate surface area is 296 Å². The minimum Gasteiger partial charge on any atom is -0.362 e. The van der Waals surface area contributed by atoms with Gasteiger partial charge >= 0.3 is 0 Å². The number of rotatable bonds is 13. The topological polar surface area (TPSA) is 24.1 Å². The molecule has 0 aliphatic heterocycles. The van der Waals surface area contributed by atoms with Gasteiger partial charge in [0.1, 0.15) is 0 Å². The first kappa shape index (κ1) is 33.3. The SMILES string of the molecule is C=C(/C=C\C=C/Nc1ccc(-c2ccccc2)cc1)c1cccc(-c2cccc(C(=C)/C=C\C=C/Nc3ccc(-c4ccccc4)cc3)c2)c1. The van der Waals surface area contributed by atoms with Crippen molar-refractivity contribution in [2.45, 2.75) is 0 Å². The zero-order valence-electron chi connectivity index (χ0n) is 28.0. The molecule has 0 radical (unpaired) electrons. The minimum atomic E-state index is 0.944. The lowest BCUT2D eigenvalue weighted by Gasteiger charge is -2.08. The highest BCUT2D eigenvalue weighted by molar-refractivity contribution is 5.80. The molecular formula is C48H40N2. The second-order valence-corrected chi connectivity index (χ2v) is 11.8. The highest BCUT2D eigenvalue weighted by Gasteiger charge is 2.04. The van der Waals surface area contributed by atoms with Gasteiger partial charge in [-0.1, -0.05) is 159 Å². The molecule has 0 amide bonds. The lowest BCUT2D eigenvalue weighted by molar-refractivity contribution is 1.55. The lowest BCUT2D eigenvalue weighted by Crippen LogP contribution is -1.87. The summed E-state index contributed by atoms with van der Waals surface area (Å²) in [6.45, 7) is 8.62. The zero-order chi connectivity index (χ0) is 34.4. The van der Waals surface area contributed by atoms with Crippen LogP contribution < -0.4 is 10.6 Å². The first-order valence-electron chi connectivity index (χ1n) is 16.7. The van der Waals surface area contributed by atoms with Gasteiger partial charge in [-0.3, -0.25) is 0 Å². The molecule has 2 nitrogen and oxygen atoms in total. The van der Waals surface area contributed by atoms with E-state index in [-0.39, 0.29) is 0 Å². The van der Waals surface area contributed by atoms with E-state index in [1.54, 1.807) is 0 Å². The van der Waals surface area contributed by atoms with Crippen molar-refractivity contribution < 1.29 is 0 Å². The number of anilines is 2. The number of hydrogen-bond acceptors (Lipinski definition) is 2. The van der Waals surface area contributed by atoms with E-state index in [0.717, 1.165) is 44.8 Å². The van der Waals surface area contributed by atoms with Crippen LogP contribution in [0.1, 0.15) is 11.1 Å². The summed E-state index contributed by atoms with van der Waals surface area (Å²) in [5.41, 5.74) is 13.2. The van der Waals surface area contributed by atoms with Crippen molar-refractivity contribution in [3.8, 4) is 33.4 Å². The van der Waals surface area contributed by atoms with Gasteiger partial charge in [0.15, 0.2) is 0 Å². The molecule has 2 N–H and O–H groups in total. The standard InChI is InChI=1S/C48H40N2/c1-37(15-9-11-33-49-47-29-25-41(26-30-47)39-17-5-3-6-18-39)43-21-13-23-45(35-43)46-24-14-22-44(36-46)38(2)16-10-12-34-50-48-31-27-42(28-32-48)40-19-7-4-8-20-40/h3-36,49-50H,1-2H2/b15-9-,16-10-,33-11-,34-12-. The van der Waals surface area contributed by atoms with Crippen molar-refractivity contribution in [3.05, 3.63) is 231 Å². The second-order valence-electron chi connectivity index (χ2n) is 11.8. The fourth-order valence-corrected chi connectivity index (χ4v) is 5.51. The largest absolute Gasteiger partial charge is 0.362 e. The molecule has 0 spiro atoms. The van der Waals surface area contributed by atoms with Crippen LogP contribution in [-0.2, 0) is 0 Å². The zero-order valence-corrected chi connectivity index (χ0v) is 28.0. The van der Waals surface area contributed by atoms with Crippen LogP contribution in [0.25, 0.3) is 44.5 Å². The van der Waals surface area contributed by atoms with Crippen LogP contribution in [0.3, 0.4) is 0 Å². The van der Waals surface area contributed by atoms with Crippen LogP contribution in [0.4, 0.5) is 11.4 Å². The van der Waals surface area contributed by atoms with Crippen molar-refractivity contribution >= 4 is 22.5 Å². The molecule has 0 unspecified atom stereocenters. The summed E-state index contributed by atoms with van der Waals surface area (Å²) in [4.78, 5) is 0. The van der Waals surface area contributed by atoms with Crippen molar-refractivity contribution in [2.24, 2.45) is 0 Å². The molecule has 6 rings (SSSR count). The molecule has 50 heavy (non-hydrogen) atoms. The maximum Gasteiger partial charge on any atom is 0.0380 e. The molecule has 0 aliphatic carbocycles. The van der Waals surface area contributed by atoms with Crippen LogP contribution in [0.15, 0.2) is 220 Å². The molecule has 0 saturated heterocycles. The third-order valence-corrected chi connectivity index (χ3v) is 8.29. The van der Waals surface area contributed by atoms with Gasteiger partial charge in [0.2, 0.25) is 0 Å². The summed E-state index contributed by atoms with van der Waals surface area (Å²) < 4.78 is 0. The average molecular weight is 645 g/mol. The van der Waals surface area contributed by atoms with Crippen LogP contribution in [0.5, 0.6) is 0 Å². The maximum atomic E-state index is 4.31. The Morgan fingerprint density at radius 2 is 0.720 bits per heavy atom. The lowest BCUT2D eigenvalue weighted by atomic mass is 9.96. The third-order valence-electron chi connectivity index (χ3n) is 8.29. The summed E-state index contributed by atoms with van der Waals surface area (Å²) in [5, 5.41) is 6.67. The van der Waals surface area contributed by atoms with Crippen LogP contribution in [-0.4, -0.2) is 0 Å². The van der Waals surface area contributed by atoms with E-state index in [9.17, 15) is 0 Å². The van der Waals surface area contributed by atoms with E-state index in [0.29, 0.717) is 0 Å². The molecular weight excluding hydrogens is 605 g/mol. The second kappa shape index (κ2) is 17.0. The summed E-state index contributed by atoms with van der Waals surface area (Å²) in [5.74, 6) is 0. The Morgan fingerprint density at radius 1 is 0.360 bits per heavy atom. The third kappa shape index (κ3) is 9.25. The summed E-state index contributed by atoms with van der Waals surface area (Å²) in [7, 11) is 0. The van der Waals surface area contributed by atoms with Crippen LogP contribution in [0, 0.1) is 0 Å². The van der Waals surface area contributed by atoms with Gasteiger partial charge < -0.3 is 10.6 Å². The molecule has 0 saturated carbocycles. The Hall–Kier alpha value is -6.64. The van der Waals surface area contributed by atoms with Gasteiger partial charge in [-0.15, -0.1) is 0 Å². The normalized spacial score (nSPS) is 11.4. The first-order valence-corrected chi connectivity index (χ1v) is 16.7. The molecule has 0 aliphatic rings. The van der Waals surface area contributed by atoms with Gasteiger partial charge in [-0.05, 0) is 104 Å². The average Bonchev–Trinajstić information content (AvgIpc) is 3.19.